The molecule has 0 unspecified atom stereocenters. The highest BCUT2D eigenvalue weighted by atomic mass is 19.1. The molecule has 2 N–H and O–H groups in total. The maximum absolute atomic E-state index is 14.5. The van der Waals surface area contributed by atoms with E-state index in [0.717, 1.165) is 25.7 Å². The van der Waals surface area contributed by atoms with Gasteiger partial charge in [-0.15, -0.1) is 0 Å². The molecule has 1 fully saturated rings. The predicted molar refractivity (Wildman–Crippen MR) is 102 cm³/mol. The number of hydrogen-bond donors (Lipinski definition) is 2. The number of nitrogens with zero attached hydrogens (tertiary/aromatic N) is 1. The van der Waals surface area contributed by atoms with Crippen molar-refractivity contribution < 1.29 is 23.4 Å². The van der Waals surface area contributed by atoms with Crippen LogP contribution in [-0.4, -0.2) is 28.7 Å². The van der Waals surface area contributed by atoms with Gasteiger partial charge in [0.1, 0.15) is 23.4 Å². The molecule has 0 atom stereocenters. The Hall–Kier alpha value is -2.70. The molecular formula is C21H24F2N2O3. The number of aliphatic carboxylic acids is 1. The van der Waals surface area contributed by atoms with Crippen LogP contribution < -0.4 is 10.1 Å². The van der Waals surface area contributed by atoms with E-state index >= 15 is 0 Å². The highest BCUT2D eigenvalue weighted by Gasteiger charge is 2.20. The first-order valence-electron chi connectivity index (χ1n) is 9.61. The van der Waals surface area contributed by atoms with E-state index in [-0.39, 0.29) is 18.2 Å². The van der Waals surface area contributed by atoms with E-state index in [0.29, 0.717) is 36.4 Å². The average molecular weight is 390 g/mol. The predicted octanol–water partition coefficient (Wildman–Crippen LogP) is 5.02. The van der Waals surface area contributed by atoms with Crippen LogP contribution in [0.15, 0.2) is 30.5 Å². The van der Waals surface area contributed by atoms with Gasteiger partial charge >= 0.3 is 5.97 Å². The van der Waals surface area contributed by atoms with Crippen LogP contribution >= 0.6 is 0 Å². The van der Waals surface area contributed by atoms with Gasteiger partial charge in [-0.05, 0) is 68.4 Å². The molecule has 0 bridgehead atoms. The summed E-state index contributed by atoms with van der Waals surface area (Å²) in [5.41, 5.74) is 0.717. The van der Waals surface area contributed by atoms with Crippen LogP contribution in [-0.2, 0) is 4.79 Å². The Labute approximate surface area is 162 Å². The summed E-state index contributed by atoms with van der Waals surface area (Å²) in [4.78, 5) is 14.7. The monoisotopic (exact) mass is 390 g/mol. The van der Waals surface area contributed by atoms with Gasteiger partial charge in [-0.1, -0.05) is 0 Å². The van der Waals surface area contributed by atoms with Gasteiger partial charge in [0, 0.05) is 24.7 Å². The number of halogens is 2. The van der Waals surface area contributed by atoms with Gasteiger partial charge in [-0.3, -0.25) is 4.79 Å². The fraction of sp³-hybridized carbons (Fsp3) is 0.429. The molecule has 7 heteroatoms. The number of carboxylic acid groups (broad SMARTS) is 1. The third-order valence-electron chi connectivity index (χ3n) is 4.82. The van der Waals surface area contributed by atoms with Gasteiger partial charge in [0.25, 0.3) is 0 Å². The van der Waals surface area contributed by atoms with Gasteiger partial charge in [0.2, 0.25) is 5.88 Å². The standard InChI is InChI=1S/C21H24F2N2O3/c22-17-12-14(13-18(23)20(17)24-10-4-3-9-19(26)27)16-8-5-11-25-21(16)28-15-6-1-2-7-15/h5,8,11-13,15,24H,1-4,6-7,9-10H2,(H,26,27). The molecule has 0 amide bonds. The number of pyridine rings is 1. The lowest BCUT2D eigenvalue weighted by Gasteiger charge is -2.16. The van der Waals surface area contributed by atoms with Crippen LogP contribution in [0.4, 0.5) is 14.5 Å². The first kappa shape index (κ1) is 20.0. The first-order valence-corrected chi connectivity index (χ1v) is 9.61. The van der Waals surface area contributed by atoms with E-state index in [2.05, 4.69) is 10.3 Å². The molecule has 2 aromatic rings. The van der Waals surface area contributed by atoms with Crippen molar-refractivity contribution in [3.8, 4) is 17.0 Å². The first-order chi connectivity index (χ1) is 13.5. The minimum absolute atomic E-state index is 0.0381. The molecule has 150 valence electrons. The van der Waals surface area contributed by atoms with Gasteiger partial charge < -0.3 is 15.2 Å². The van der Waals surface area contributed by atoms with Crippen LogP contribution in [0.25, 0.3) is 11.1 Å². The summed E-state index contributed by atoms with van der Waals surface area (Å²) in [6, 6.07) is 5.98. The van der Waals surface area contributed by atoms with E-state index in [1.165, 1.54) is 12.1 Å². The third kappa shape index (κ3) is 5.18. The molecule has 0 radical (unpaired) electrons. The summed E-state index contributed by atoms with van der Waals surface area (Å²) in [6.45, 7) is 0.295. The number of carbonyl (C=O) groups is 1. The van der Waals surface area contributed by atoms with Crippen molar-refractivity contribution in [2.24, 2.45) is 0 Å². The summed E-state index contributed by atoms with van der Waals surface area (Å²) in [7, 11) is 0. The largest absolute Gasteiger partial charge is 0.481 e. The lowest BCUT2D eigenvalue weighted by Crippen LogP contribution is -2.12. The maximum atomic E-state index is 14.5. The van der Waals surface area contributed by atoms with Crippen LogP contribution in [0.3, 0.4) is 0 Å². The summed E-state index contributed by atoms with van der Waals surface area (Å²) in [6.07, 6.45) is 6.84. The average Bonchev–Trinajstić information content (AvgIpc) is 3.16. The van der Waals surface area contributed by atoms with E-state index < -0.39 is 17.6 Å². The van der Waals surface area contributed by atoms with E-state index in [4.69, 9.17) is 9.84 Å². The Morgan fingerprint density at radius 3 is 2.61 bits per heavy atom. The zero-order valence-corrected chi connectivity index (χ0v) is 15.6. The van der Waals surface area contributed by atoms with Gasteiger partial charge in [0.05, 0.1) is 0 Å². The summed E-state index contributed by atoms with van der Waals surface area (Å²) in [5, 5.41) is 11.3. The minimum Gasteiger partial charge on any atom is -0.481 e. The normalized spacial score (nSPS) is 14.2. The number of aromatic nitrogens is 1. The van der Waals surface area contributed by atoms with E-state index in [1.54, 1.807) is 18.3 Å². The van der Waals surface area contributed by atoms with Crippen molar-refractivity contribution in [1.82, 2.24) is 4.98 Å². The minimum atomic E-state index is -0.881. The molecule has 28 heavy (non-hydrogen) atoms. The van der Waals surface area contributed by atoms with Crippen LogP contribution in [0, 0.1) is 11.6 Å². The second kappa shape index (κ2) is 9.48. The van der Waals surface area contributed by atoms with Crippen molar-refractivity contribution in [1.29, 1.82) is 0 Å². The summed E-state index contributed by atoms with van der Waals surface area (Å²) in [5.74, 6) is -1.90. The van der Waals surface area contributed by atoms with E-state index in [9.17, 15) is 13.6 Å². The van der Waals surface area contributed by atoms with Gasteiger partial charge in [0.15, 0.2) is 0 Å². The second-order valence-electron chi connectivity index (χ2n) is 6.97. The number of ether oxygens (including phenoxy) is 1. The van der Waals surface area contributed by atoms with Crippen molar-refractivity contribution in [2.75, 3.05) is 11.9 Å². The number of benzene rings is 1. The van der Waals surface area contributed by atoms with E-state index in [1.807, 2.05) is 0 Å². The van der Waals surface area contributed by atoms with Gasteiger partial charge in [-0.2, -0.15) is 0 Å². The van der Waals surface area contributed by atoms with Crippen molar-refractivity contribution in [3.63, 3.8) is 0 Å². The fourth-order valence-corrected chi connectivity index (χ4v) is 3.38. The Kier molecular flexibility index (Phi) is 6.79. The quantitative estimate of drug-likeness (QED) is 0.589. The summed E-state index contributed by atoms with van der Waals surface area (Å²) >= 11 is 0. The summed E-state index contributed by atoms with van der Waals surface area (Å²) < 4.78 is 35.0. The zero-order chi connectivity index (χ0) is 19.9. The zero-order valence-electron chi connectivity index (χ0n) is 15.6. The molecular weight excluding hydrogens is 366 g/mol. The molecule has 1 heterocycles. The topological polar surface area (TPSA) is 71.5 Å². The molecule has 0 saturated heterocycles. The van der Waals surface area contributed by atoms with Crippen LogP contribution in [0.1, 0.15) is 44.9 Å². The van der Waals surface area contributed by atoms with Crippen LogP contribution in [0.2, 0.25) is 0 Å². The molecule has 1 aromatic carbocycles. The molecule has 1 saturated carbocycles. The fourth-order valence-electron chi connectivity index (χ4n) is 3.38. The third-order valence-corrected chi connectivity index (χ3v) is 4.82. The van der Waals surface area contributed by atoms with Crippen LogP contribution in [0.5, 0.6) is 5.88 Å². The smallest absolute Gasteiger partial charge is 0.303 e. The number of rotatable bonds is 9. The van der Waals surface area contributed by atoms with Gasteiger partial charge in [-0.25, -0.2) is 13.8 Å². The Balaban J connectivity index is 1.72. The molecule has 1 aliphatic carbocycles. The number of nitrogens with one attached hydrogen (secondary N) is 1. The number of unbranched alkanes of at least 4 members (excludes halogenated alkanes) is 1. The number of carboxylic acids is 1. The Bertz CT molecular complexity index is 800. The molecule has 0 spiro atoms. The lowest BCUT2D eigenvalue weighted by atomic mass is 10.1. The molecule has 1 aliphatic rings. The molecule has 1 aromatic heterocycles. The number of anilines is 1. The molecule has 3 rings (SSSR count). The second-order valence-corrected chi connectivity index (χ2v) is 6.97. The van der Waals surface area contributed by atoms with Crippen molar-refractivity contribution in [2.45, 2.75) is 51.0 Å². The Morgan fingerprint density at radius 2 is 1.93 bits per heavy atom. The van der Waals surface area contributed by atoms with Crippen molar-refractivity contribution >= 4 is 11.7 Å². The highest BCUT2D eigenvalue weighted by Crippen LogP contribution is 2.34. The number of hydrogen-bond acceptors (Lipinski definition) is 4. The molecule has 0 aliphatic heterocycles. The highest BCUT2D eigenvalue weighted by molar-refractivity contribution is 5.71. The van der Waals surface area contributed by atoms with Crippen molar-refractivity contribution in [3.05, 3.63) is 42.1 Å². The SMILES string of the molecule is O=C(O)CCCCNc1c(F)cc(-c2cccnc2OC2CCCC2)cc1F. The Morgan fingerprint density at radius 1 is 1.21 bits per heavy atom. The maximum Gasteiger partial charge on any atom is 0.303 e. The lowest BCUT2D eigenvalue weighted by molar-refractivity contribution is -0.137. The molecule has 5 nitrogen and oxygen atoms in total.